The average Bonchev–Trinajstić information content (AvgIpc) is 2.71. The van der Waals surface area contributed by atoms with E-state index in [-0.39, 0.29) is 11.6 Å². The minimum absolute atomic E-state index is 0.229. The van der Waals surface area contributed by atoms with Crippen LogP contribution in [0.25, 0.3) is 11.0 Å². The van der Waals surface area contributed by atoms with Gasteiger partial charge in [0.1, 0.15) is 11.5 Å². The van der Waals surface area contributed by atoms with E-state index in [9.17, 15) is 4.79 Å². The number of fused-ring (bicyclic) bond motifs is 1. The highest BCUT2D eigenvalue weighted by Gasteiger charge is 2.18. The molecule has 0 aliphatic rings. The van der Waals surface area contributed by atoms with Gasteiger partial charge in [0.2, 0.25) is 0 Å². The molecule has 0 radical (unpaired) electrons. The van der Waals surface area contributed by atoms with E-state index in [0.29, 0.717) is 35.1 Å². The monoisotopic (exact) mass is 366 g/mol. The molecule has 1 amide bonds. The molecule has 0 fully saturated rings. The van der Waals surface area contributed by atoms with E-state index < -0.39 is 0 Å². The molecule has 7 nitrogen and oxygen atoms in total. The van der Waals surface area contributed by atoms with Crippen molar-refractivity contribution in [2.24, 2.45) is 0 Å². The van der Waals surface area contributed by atoms with E-state index in [1.165, 1.54) is 0 Å². The molecule has 0 atom stereocenters. The summed E-state index contributed by atoms with van der Waals surface area (Å²) in [7, 11) is 3.11. The summed E-state index contributed by atoms with van der Waals surface area (Å²) in [5.41, 5.74) is 2.11. The van der Waals surface area contributed by atoms with Crippen molar-refractivity contribution in [3.63, 3.8) is 0 Å². The Labute approximate surface area is 157 Å². The van der Waals surface area contributed by atoms with E-state index in [0.717, 1.165) is 11.9 Å². The Morgan fingerprint density at radius 3 is 2.44 bits per heavy atom. The van der Waals surface area contributed by atoms with E-state index in [1.54, 1.807) is 32.4 Å². The molecular weight excluding hydrogens is 344 g/mol. The second-order valence-corrected chi connectivity index (χ2v) is 5.86. The molecule has 0 unspecified atom stereocenters. The number of anilines is 2. The van der Waals surface area contributed by atoms with Crippen LogP contribution in [0.15, 0.2) is 42.5 Å². The lowest BCUT2D eigenvalue weighted by molar-refractivity contribution is 0.102. The summed E-state index contributed by atoms with van der Waals surface area (Å²) in [6.45, 7) is 2.73. The Bertz CT molecular complexity index is 959. The number of benzene rings is 2. The van der Waals surface area contributed by atoms with E-state index in [2.05, 4.69) is 20.6 Å². The number of rotatable bonds is 7. The summed E-state index contributed by atoms with van der Waals surface area (Å²) in [5, 5.41) is 6.03. The normalized spacial score (nSPS) is 10.5. The van der Waals surface area contributed by atoms with Crippen molar-refractivity contribution in [3.05, 3.63) is 48.2 Å². The predicted molar refractivity (Wildman–Crippen MR) is 106 cm³/mol. The van der Waals surface area contributed by atoms with Gasteiger partial charge in [-0.3, -0.25) is 4.79 Å². The maximum atomic E-state index is 13.0. The summed E-state index contributed by atoms with van der Waals surface area (Å²) < 4.78 is 10.6. The Balaban J connectivity index is 1.99. The molecular formula is C20H22N4O3. The Hall–Kier alpha value is -3.35. The quantitative estimate of drug-likeness (QED) is 0.663. The topological polar surface area (TPSA) is 85.4 Å². The largest absolute Gasteiger partial charge is 0.497 e. The van der Waals surface area contributed by atoms with Crippen LogP contribution in [0.3, 0.4) is 0 Å². The fourth-order valence-corrected chi connectivity index (χ4v) is 2.62. The molecule has 2 N–H and O–H groups in total. The first-order chi connectivity index (χ1) is 13.2. The zero-order valence-electron chi connectivity index (χ0n) is 15.6. The summed E-state index contributed by atoms with van der Waals surface area (Å²) in [5.74, 6) is 1.22. The predicted octanol–water partition coefficient (Wildman–Crippen LogP) is 3.72. The zero-order valence-corrected chi connectivity index (χ0v) is 15.6. The third-order valence-corrected chi connectivity index (χ3v) is 3.98. The van der Waals surface area contributed by atoms with Crippen LogP contribution in [0, 0.1) is 0 Å². The molecule has 0 aliphatic carbocycles. The molecule has 7 heteroatoms. The first-order valence-corrected chi connectivity index (χ1v) is 8.70. The molecule has 0 aliphatic heterocycles. The van der Waals surface area contributed by atoms with E-state index in [4.69, 9.17) is 9.47 Å². The number of hydrogen-bond donors (Lipinski definition) is 2. The maximum Gasteiger partial charge on any atom is 0.278 e. The van der Waals surface area contributed by atoms with Crippen LogP contribution >= 0.6 is 0 Å². The highest BCUT2D eigenvalue weighted by molar-refractivity contribution is 6.07. The zero-order chi connectivity index (χ0) is 19.2. The highest BCUT2D eigenvalue weighted by Crippen LogP contribution is 2.29. The Morgan fingerprint density at radius 1 is 1.04 bits per heavy atom. The summed E-state index contributed by atoms with van der Waals surface area (Å²) >= 11 is 0. The van der Waals surface area contributed by atoms with Crippen LogP contribution in [-0.2, 0) is 0 Å². The number of carbonyl (C=O) groups excluding carboxylic acids is 1. The third kappa shape index (κ3) is 4.08. The Kier molecular flexibility index (Phi) is 5.71. The van der Waals surface area contributed by atoms with Gasteiger partial charge in [-0.25, -0.2) is 9.97 Å². The van der Waals surface area contributed by atoms with Crippen LogP contribution in [0.2, 0.25) is 0 Å². The second-order valence-electron chi connectivity index (χ2n) is 5.86. The van der Waals surface area contributed by atoms with Gasteiger partial charge in [0.05, 0.1) is 30.9 Å². The van der Waals surface area contributed by atoms with Gasteiger partial charge >= 0.3 is 0 Å². The third-order valence-electron chi connectivity index (χ3n) is 3.98. The Morgan fingerprint density at radius 2 is 1.78 bits per heavy atom. The van der Waals surface area contributed by atoms with Crippen molar-refractivity contribution in [2.75, 3.05) is 31.4 Å². The lowest BCUT2D eigenvalue weighted by atomic mass is 10.2. The molecule has 0 bridgehead atoms. The van der Waals surface area contributed by atoms with Crippen molar-refractivity contribution in [1.82, 2.24) is 9.97 Å². The van der Waals surface area contributed by atoms with Crippen LogP contribution in [0.4, 0.5) is 11.5 Å². The van der Waals surface area contributed by atoms with Gasteiger partial charge in [0.15, 0.2) is 11.5 Å². The number of nitrogens with zero attached hydrogens (tertiary/aromatic N) is 2. The van der Waals surface area contributed by atoms with Gasteiger partial charge < -0.3 is 20.1 Å². The smallest absolute Gasteiger partial charge is 0.278 e. The lowest BCUT2D eigenvalue weighted by Crippen LogP contribution is -2.18. The number of amides is 1. The molecule has 3 aromatic rings. The average molecular weight is 366 g/mol. The summed E-state index contributed by atoms with van der Waals surface area (Å²) in [6, 6.07) is 12.6. The van der Waals surface area contributed by atoms with Crippen molar-refractivity contribution in [1.29, 1.82) is 0 Å². The molecule has 2 aromatic carbocycles. The number of carbonyl (C=O) groups is 1. The number of ether oxygens (including phenoxy) is 2. The molecule has 0 saturated carbocycles. The minimum atomic E-state index is -0.376. The first-order valence-electron chi connectivity index (χ1n) is 8.70. The second kappa shape index (κ2) is 8.35. The molecule has 1 heterocycles. The van der Waals surface area contributed by atoms with Gasteiger partial charge in [0.25, 0.3) is 5.91 Å². The number of hydrogen-bond acceptors (Lipinski definition) is 6. The van der Waals surface area contributed by atoms with Gasteiger partial charge in [0, 0.05) is 12.6 Å². The summed E-state index contributed by atoms with van der Waals surface area (Å²) in [4.78, 5) is 22.0. The van der Waals surface area contributed by atoms with E-state index >= 15 is 0 Å². The van der Waals surface area contributed by atoms with Crippen molar-refractivity contribution in [3.8, 4) is 11.5 Å². The van der Waals surface area contributed by atoms with Gasteiger partial charge in [-0.15, -0.1) is 0 Å². The van der Waals surface area contributed by atoms with Crippen molar-refractivity contribution >= 4 is 28.4 Å². The number of nitrogens with one attached hydrogen (secondary N) is 2. The van der Waals surface area contributed by atoms with E-state index in [1.807, 2.05) is 31.2 Å². The van der Waals surface area contributed by atoms with Gasteiger partial charge in [-0.05, 0) is 30.7 Å². The minimum Gasteiger partial charge on any atom is -0.497 e. The molecule has 1 aromatic heterocycles. The maximum absolute atomic E-state index is 13.0. The molecule has 140 valence electrons. The van der Waals surface area contributed by atoms with Crippen molar-refractivity contribution < 1.29 is 14.3 Å². The number of methoxy groups -OCH3 is 2. The SMILES string of the molecule is CCCNc1nc2ccccc2nc1C(=O)Nc1cc(OC)ccc1OC. The molecule has 0 saturated heterocycles. The van der Waals surface area contributed by atoms with Crippen LogP contribution in [0.1, 0.15) is 23.8 Å². The summed E-state index contributed by atoms with van der Waals surface area (Å²) in [6.07, 6.45) is 0.902. The molecule has 0 spiro atoms. The van der Waals surface area contributed by atoms with Crippen LogP contribution in [0.5, 0.6) is 11.5 Å². The lowest BCUT2D eigenvalue weighted by Gasteiger charge is -2.14. The van der Waals surface area contributed by atoms with Crippen molar-refractivity contribution in [2.45, 2.75) is 13.3 Å². The van der Waals surface area contributed by atoms with Gasteiger partial charge in [-0.2, -0.15) is 0 Å². The fourth-order valence-electron chi connectivity index (χ4n) is 2.62. The number of para-hydroxylation sites is 2. The van der Waals surface area contributed by atoms with Crippen LogP contribution < -0.4 is 20.1 Å². The first kappa shape index (κ1) is 18.4. The standard InChI is InChI=1S/C20H22N4O3/c1-4-11-21-19-18(22-14-7-5-6-8-15(14)23-19)20(25)24-16-12-13(26-2)9-10-17(16)27-3/h5-10,12H,4,11H2,1-3H3,(H,21,23)(H,24,25). The van der Waals surface area contributed by atoms with Crippen LogP contribution in [-0.4, -0.2) is 36.6 Å². The molecule has 27 heavy (non-hydrogen) atoms. The highest BCUT2D eigenvalue weighted by atomic mass is 16.5. The number of aromatic nitrogens is 2. The molecule has 3 rings (SSSR count). The fraction of sp³-hybridized carbons (Fsp3) is 0.250. The van der Waals surface area contributed by atoms with Gasteiger partial charge in [-0.1, -0.05) is 19.1 Å².